The fourth-order valence-corrected chi connectivity index (χ4v) is 8.25. The van der Waals surface area contributed by atoms with E-state index in [-0.39, 0.29) is 42.8 Å². The van der Waals surface area contributed by atoms with Crippen LogP contribution in [-0.2, 0) is 30.8 Å². The summed E-state index contributed by atoms with van der Waals surface area (Å²) in [7, 11) is -9.12. The Hall–Kier alpha value is -3.17. The molecule has 0 spiro atoms. The molecule has 236 valence electrons. The standard InChI is InChI=1S/C28H35F3N4O6S2/c1-2-3-15-32-27(37)35-16-7-10-24(35)26(36)34-17-13-20(14-18-34)33-43(40,41)25-19-22(11-12-23(25)28(29,30)31)42(38,39)21-8-5-4-6-9-21/h4-6,8-9,11-12,19-20,24,33H,2-3,7,10,13-18H2,1H3,(H,32,37)/t24-/m0/s1. The fraction of sp³-hybridized carbons (Fsp3) is 0.500. The lowest BCUT2D eigenvalue weighted by molar-refractivity contribution is -0.140. The third-order valence-corrected chi connectivity index (χ3v) is 11.0. The minimum absolute atomic E-state index is 0.129. The van der Waals surface area contributed by atoms with Crippen LogP contribution in [0.1, 0.15) is 51.0 Å². The molecule has 0 bridgehead atoms. The number of benzene rings is 2. The minimum Gasteiger partial charge on any atom is -0.341 e. The van der Waals surface area contributed by atoms with Gasteiger partial charge in [-0.3, -0.25) is 4.79 Å². The molecule has 10 nitrogen and oxygen atoms in total. The van der Waals surface area contributed by atoms with Gasteiger partial charge in [0.25, 0.3) is 0 Å². The summed E-state index contributed by atoms with van der Waals surface area (Å²) in [6.07, 6.45) is -1.89. The van der Waals surface area contributed by atoms with Crippen LogP contribution >= 0.6 is 0 Å². The zero-order chi connectivity index (χ0) is 31.4. The average molecular weight is 645 g/mol. The Kier molecular flexibility index (Phi) is 10.1. The monoisotopic (exact) mass is 644 g/mol. The number of hydrogen-bond donors (Lipinski definition) is 2. The van der Waals surface area contributed by atoms with Gasteiger partial charge in [-0.05, 0) is 62.4 Å². The second-order valence-electron chi connectivity index (χ2n) is 10.6. The molecule has 1 atom stereocenters. The van der Waals surface area contributed by atoms with E-state index in [2.05, 4.69) is 10.0 Å². The first-order chi connectivity index (χ1) is 20.3. The maximum absolute atomic E-state index is 13.9. The lowest BCUT2D eigenvalue weighted by Crippen LogP contribution is -2.54. The van der Waals surface area contributed by atoms with Crippen LogP contribution in [0.2, 0.25) is 0 Å². The molecule has 0 unspecified atom stereocenters. The van der Waals surface area contributed by atoms with Crippen molar-refractivity contribution in [3.05, 3.63) is 54.1 Å². The van der Waals surface area contributed by atoms with E-state index in [1.807, 2.05) is 6.92 Å². The third-order valence-electron chi connectivity index (χ3n) is 7.65. The molecule has 0 aliphatic carbocycles. The summed E-state index contributed by atoms with van der Waals surface area (Å²) in [4.78, 5) is 26.9. The molecule has 2 heterocycles. The van der Waals surface area contributed by atoms with E-state index < -0.39 is 53.5 Å². The molecule has 0 radical (unpaired) electrons. The first kappa shape index (κ1) is 32.7. The molecule has 2 aromatic carbocycles. The largest absolute Gasteiger partial charge is 0.417 e. The van der Waals surface area contributed by atoms with Crippen LogP contribution in [0, 0.1) is 0 Å². The number of alkyl halides is 3. The van der Waals surface area contributed by atoms with E-state index in [0.717, 1.165) is 18.9 Å². The summed E-state index contributed by atoms with van der Waals surface area (Å²) in [6.45, 7) is 3.24. The van der Waals surface area contributed by atoms with Crippen LogP contribution in [0.15, 0.2) is 63.2 Å². The Morgan fingerprint density at radius 3 is 2.23 bits per heavy atom. The van der Waals surface area contributed by atoms with Crippen molar-refractivity contribution >= 4 is 31.8 Å². The molecule has 0 aromatic heterocycles. The van der Waals surface area contributed by atoms with Crippen molar-refractivity contribution in [3.8, 4) is 0 Å². The Balaban J connectivity index is 1.47. The predicted molar refractivity (Wildman–Crippen MR) is 151 cm³/mol. The highest BCUT2D eigenvalue weighted by Crippen LogP contribution is 2.36. The van der Waals surface area contributed by atoms with E-state index in [9.17, 15) is 39.6 Å². The smallest absolute Gasteiger partial charge is 0.341 e. The quantitative estimate of drug-likeness (QED) is 0.400. The topological polar surface area (TPSA) is 133 Å². The van der Waals surface area contributed by atoms with Crippen LogP contribution < -0.4 is 10.0 Å². The van der Waals surface area contributed by atoms with Gasteiger partial charge in [0.15, 0.2) is 0 Å². The zero-order valence-corrected chi connectivity index (χ0v) is 25.3. The highest BCUT2D eigenvalue weighted by Gasteiger charge is 2.41. The van der Waals surface area contributed by atoms with Gasteiger partial charge in [0.05, 0.1) is 20.2 Å². The molecule has 2 aromatic rings. The van der Waals surface area contributed by atoms with Crippen molar-refractivity contribution in [3.63, 3.8) is 0 Å². The van der Waals surface area contributed by atoms with Crippen LogP contribution in [0.4, 0.5) is 18.0 Å². The minimum atomic E-state index is -5.06. The van der Waals surface area contributed by atoms with Gasteiger partial charge < -0.3 is 15.1 Å². The van der Waals surface area contributed by atoms with Crippen molar-refractivity contribution in [1.29, 1.82) is 0 Å². The highest BCUT2D eigenvalue weighted by molar-refractivity contribution is 7.91. The second kappa shape index (κ2) is 13.2. The van der Waals surface area contributed by atoms with Crippen molar-refractivity contribution in [2.24, 2.45) is 0 Å². The van der Waals surface area contributed by atoms with Crippen LogP contribution in [-0.4, -0.2) is 76.8 Å². The summed E-state index contributed by atoms with van der Waals surface area (Å²) in [5.41, 5.74) is -1.49. The van der Waals surface area contributed by atoms with Gasteiger partial charge in [-0.2, -0.15) is 13.2 Å². The second-order valence-corrected chi connectivity index (χ2v) is 14.3. The predicted octanol–water partition coefficient (Wildman–Crippen LogP) is 3.78. The number of sulfonamides is 1. The molecule has 15 heteroatoms. The van der Waals surface area contributed by atoms with E-state index in [4.69, 9.17) is 0 Å². The molecular formula is C28H35F3N4O6S2. The Bertz CT molecular complexity index is 1530. The molecule has 2 saturated heterocycles. The Labute approximate surface area is 249 Å². The number of sulfone groups is 1. The van der Waals surface area contributed by atoms with Gasteiger partial charge in [-0.15, -0.1) is 0 Å². The third kappa shape index (κ3) is 7.50. The first-order valence-electron chi connectivity index (χ1n) is 14.1. The molecule has 2 fully saturated rings. The number of urea groups is 1. The van der Waals surface area contributed by atoms with E-state index in [1.165, 1.54) is 29.2 Å². The lowest BCUT2D eigenvalue weighted by atomic mass is 10.0. The number of carbonyl (C=O) groups excluding carboxylic acids is 2. The first-order valence-corrected chi connectivity index (χ1v) is 17.1. The van der Waals surface area contributed by atoms with Crippen molar-refractivity contribution in [2.45, 2.75) is 78.4 Å². The molecule has 2 aliphatic heterocycles. The van der Waals surface area contributed by atoms with Crippen LogP contribution in [0.3, 0.4) is 0 Å². The van der Waals surface area contributed by atoms with Crippen LogP contribution in [0.5, 0.6) is 0 Å². The number of piperidine rings is 1. The summed E-state index contributed by atoms with van der Waals surface area (Å²) in [5.74, 6) is -0.248. The number of halogens is 3. The molecule has 4 rings (SSSR count). The SMILES string of the molecule is CCCCNC(=O)N1CCC[C@H]1C(=O)N1CCC(NS(=O)(=O)c2cc(S(=O)(=O)c3ccccc3)ccc2C(F)(F)F)CC1. The van der Waals surface area contributed by atoms with Crippen molar-refractivity contribution in [1.82, 2.24) is 19.8 Å². The maximum atomic E-state index is 13.9. The van der Waals surface area contributed by atoms with Gasteiger partial charge in [0.1, 0.15) is 6.04 Å². The van der Waals surface area contributed by atoms with Crippen LogP contribution in [0.25, 0.3) is 0 Å². The van der Waals surface area contributed by atoms with Crippen molar-refractivity contribution in [2.75, 3.05) is 26.2 Å². The normalized spacial score (nSPS) is 18.6. The van der Waals surface area contributed by atoms with Gasteiger partial charge in [0.2, 0.25) is 25.8 Å². The summed E-state index contributed by atoms with van der Waals surface area (Å²) in [6, 6.07) is 6.99. The molecular weight excluding hydrogens is 609 g/mol. The van der Waals surface area contributed by atoms with Crippen molar-refractivity contribution < 1.29 is 39.6 Å². The molecule has 2 aliphatic rings. The molecule has 2 N–H and O–H groups in total. The highest BCUT2D eigenvalue weighted by atomic mass is 32.2. The summed E-state index contributed by atoms with van der Waals surface area (Å²) in [5, 5.41) is 2.82. The maximum Gasteiger partial charge on any atom is 0.417 e. The summed E-state index contributed by atoms with van der Waals surface area (Å²) >= 11 is 0. The zero-order valence-electron chi connectivity index (χ0n) is 23.6. The Morgan fingerprint density at radius 1 is 0.930 bits per heavy atom. The van der Waals surface area contributed by atoms with Gasteiger partial charge >= 0.3 is 12.2 Å². The number of carbonyl (C=O) groups is 2. The van der Waals surface area contributed by atoms with E-state index >= 15 is 0 Å². The number of amides is 3. The van der Waals surface area contributed by atoms with Gasteiger partial charge in [0, 0.05) is 32.2 Å². The Morgan fingerprint density at radius 2 is 1.60 bits per heavy atom. The summed E-state index contributed by atoms with van der Waals surface area (Å²) < 4.78 is 96.5. The number of nitrogens with zero attached hydrogens (tertiary/aromatic N) is 2. The molecule has 3 amide bonds. The number of unbranched alkanes of at least 4 members (excludes halogenated alkanes) is 1. The molecule has 43 heavy (non-hydrogen) atoms. The number of likely N-dealkylation sites (tertiary alicyclic amines) is 2. The number of hydrogen-bond acceptors (Lipinski definition) is 6. The lowest BCUT2D eigenvalue weighted by Gasteiger charge is -2.35. The van der Waals surface area contributed by atoms with E-state index in [1.54, 1.807) is 11.0 Å². The van der Waals surface area contributed by atoms with Gasteiger partial charge in [-0.25, -0.2) is 26.4 Å². The number of nitrogens with one attached hydrogen (secondary N) is 2. The molecule has 0 saturated carbocycles. The van der Waals surface area contributed by atoms with E-state index in [0.29, 0.717) is 38.1 Å². The fourth-order valence-electron chi connectivity index (χ4n) is 5.31. The van der Waals surface area contributed by atoms with Gasteiger partial charge in [-0.1, -0.05) is 31.5 Å². The average Bonchev–Trinajstić information content (AvgIpc) is 3.47. The number of rotatable bonds is 9.